The third-order valence-corrected chi connectivity index (χ3v) is 6.44. The van der Waals surface area contributed by atoms with Crippen LogP contribution in [0.5, 0.6) is 0 Å². The highest BCUT2D eigenvalue weighted by atomic mass is 35.5. The van der Waals surface area contributed by atoms with Gasteiger partial charge in [-0.15, -0.1) is 0 Å². The van der Waals surface area contributed by atoms with Crippen LogP contribution in [-0.2, 0) is 4.79 Å². The Labute approximate surface area is 227 Å². The van der Waals surface area contributed by atoms with Crippen molar-refractivity contribution in [3.05, 3.63) is 73.2 Å². The van der Waals surface area contributed by atoms with E-state index in [0.29, 0.717) is 0 Å². The first kappa shape index (κ1) is 31.1. The molecule has 0 bridgehead atoms. The predicted molar refractivity (Wildman–Crippen MR) is 131 cm³/mol. The molecule has 0 saturated heterocycles. The highest BCUT2D eigenvalue weighted by Gasteiger charge is 2.39. The van der Waals surface area contributed by atoms with Gasteiger partial charge in [-0.25, -0.2) is 0 Å². The van der Waals surface area contributed by atoms with Crippen LogP contribution in [0.4, 0.5) is 26.3 Å². The summed E-state index contributed by atoms with van der Waals surface area (Å²) in [5.41, 5.74) is -0.180. The molecule has 0 fully saturated rings. The molecule has 2 amide bonds. The maximum absolute atomic E-state index is 13.7. The molecule has 2 aromatic carbocycles. The van der Waals surface area contributed by atoms with Gasteiger partial charge in [0.15, 0.2) is 0 Å². The largest absolute Gasteiger partial charge is 0.405 e. The third kappa shape index (κ3) is 8.98. The number of carbonyl (C=O) groups is 2. The Balaban J connectivity index is 2.22. The highest BCUT2D eigenvalue weighted by molar-refractivity contribution is 6.48. The fourth-order valence-electron chi connectivity index (χ4n) is 3.09. The van der Waals surface area contributed by atoms with Crippen molar-refractivity contribution in [2.75, 3.05) is 6.54 Å². The van der Waals surface area contributed by atoms with Gasteiger partial charge in [0.05, 0.1) is 31.6 Å². The maximum Gasteiger partial charge on any atom is 0.405 e. The molecule has 2 atom stereocenters. The Hall–Kier alpha value is -2.14. The topological polar surface area (TPSA) is 58.2 Å². The van der Waals surface area contributed by atoms with Crippen LogP contribution in [0.25, 0.3) is 6.08 Å². The van der Waals surface area contributed by atoms with Crippen LogP contribution in [0.15, 0.2) is 36.4 Å². The quantitative estimate of drug-likeness (QED) is 0.237. The first-order valence-corrected chi connectivity index (χ1v) is 11.9. The van der Waals surface area contributed by atoms with Gasteiger partial charge in [0.2, 0.25) is 5.91 Å². The lowest BCUT2D eigenvalue weighted by molar-refractivity contribution is -0.139. The summed E-state index contributed by atoms with van der Waals surface area (Å²) in [6.45, 7) is -0.0843. The minimum Gasteiger partial charge on any atom is -0.345 e. The van der Waals surface area contributed by atoms with E-state index >= 15 is 0 Å². The number of alkyl halides is 6. The van der Waals surface area contributed by atoms with E-state index in [1.807, 2.05) is 0 Å². The number of hydrogen-bond donors (Lipinski definition) is 2. The fourth-order valence-corrected chi connectivity index (χ4v) is 3.98. The van der Waals surface area contributed by atoms with Gasteiger partial charge in [-0.05, 0) is 41.8 Å². The van der Waals surface area contributed by atoms with E-state index in [1.165, 1.54) is 25.1 Å². The van der Waals surface area contributed by atoms with E-state index in [2.05, 4.69) is 5.32 Å². The summed E-state index contributed by atoms with van der Waals surface area (Å²) >= 11 is 23.7. The standard InChI is InChI=1S/C23H18Cl4F6N2O2/c1-2-18(21(37)34-10-22(28,29)30)35-20(36)13-5-3-11(7-15(13)24)4-6-14(23(31,32)33)12-8-16(25)19(27)17(26)9-12/h3-9,14,18H,2,10H2,1H3,(H,34,37)(H,35,36)/b6-4+. The van der Waals surface area contributed by atoms with Crippen molar-refractivity contribution in [2.24, 2.45) is 0 Å². The van der Waals surface area contributed by atoms with Gasteiger partial charge >= 0.3 is 12.4 Å². The van der Waals surface area contributed by atoms with E-state index in [4.69, 9.17) is 46.4 Å². The number of halogens is 10. The molecule has 2 rings (SSSR count). The summed E-state index contributed by atoms with van der Waals surface area (Å²) in [5, 5.41) is 3.42. The van der Waals surface area contributed by atoms with Crippen LogP contribution < -0.4 is 10.6 Å². The van der Waals surface area contributed by atoms with Crippen LogP contribution in [-0.4, -0.2) is 36.8 Å². The van der Waals surface area contributed by atoms with Crippen LogP contribution in [0.1, 0.15) is 40.7 Å². The average Bonchev–Trinajstić information content (AvgIpc) is 2.78. The smallest absolute Gasteiger partial charge is 0.345 e. The van der Waals surface area contributed by atoms with Gasteiger partial charge in [-0.3, -0.25) is 9.59 Å². The summed E-state index contributed by atoms with van der Waals surface area (Å²) in [6.07, 6.45) is -7.36. The Bertz CT molecular complexity index is 1160. The zero-order valence-electron chi connectivity index (χ0n) is 18.7. The van der Waals surface area contributed by atoms with Gasteiger partial charge in [0.25, 0.3) is 5.91 Å². The number of hydrogen-bond acceptors (Lipinski definition) is 2. The summed E-state index contributed by atoms with van der Waals surface area (Å²) in [7, 11) is 0. The van der Waals surface area contributed by atoms with Crippen molar-refractivity contribution in [2.45, 2.75) is 37.7 Å². The Kier molecular flexibility index (Phi) is 10.6. The molecule has 14 heteroatoms. The minimum absolute atomic E-state index is 0.00850. The molecule has 0 aliphatic heterocycles. The van der Waals surface area contributed by atoms with Gasteiger partial charge in [0, 0.05) is 0 Å². The van der Waals surface area contributed by atoms with Gasteiger partial charge < -0.3 is 10.6 Å². The van der Waals surface area contributed by atoms with Crippen LogP contribution in [0, 0.1) is 0 Å². The number of nitrogens with one attached hydrogen (secondary N) is 2. The van der Waals surface area contributed by atoms with Crippen LogP contribution in [0.3, 0.4) is 0 Å². The maximum atomic E-state index is 13.7. The molecule has 0 radical (unpaired) electrons. The zero-order chi connectivity index (χ0) is 28.1. The average molecular weight is 610 g/mol. The van der Waals surface area contributed by atoms with Crippen molar-refractivity contribution in [3.63, 3.8) is 0 Å². The Morgan fingerprint density at radius 3 is 2.03 bits per heavy atom. The lowest BCUT2D eigenvalue weighted by Gasteiger charge is -2.19. The number of allylic oxidation sites excluding steroid dienone is 1. The molecule has 202 valence electrons. The molecule has 0 spiro atoms. The van der Waals surface area contributed by atoms with Crippen molar-refractivity contribution < 1.29 is 35.9 Å². The normalized spacial score (nSPS) is 13.9. The molecule has 0 aliphatic rings. The predicted octanol–water partition coefficient (Wildman–Crippen LogP) is 7.85. The van der Waals surface area contributed by atoms with Crippen molar-refractivity contribution in [3.8, 4) is 0 Å². The molecule has 2 N–H and O–H groups in total. The van der Waals surface area contributed by atoms with Crippen molar-refractivity contribution in [1.29, 1.82) is 0 Å². The number of carbonyl (C=O) groups excluding carboxylic acids is 2. The van der Waals surface area contributed by atoms with Crippen LogP contribution >= 0.6 is 46.4 Å². The second kappa shape index (κ2) is 12.6. The van der Waals surface area contributed by atoms with E-state index in [1.54, 1.807) is 5.32 Å². The van der Waals surface area contributed by atoms with Gasteiger partial charge in [0.1, 0.15) is 12.6 Å². The fraction of sp³-hybridized carbons (Fsp3) is 0.304. The second-order valence-corrected chi connectivity index (χ2v) is 9.28. The highest BCUT2D eigenvalue weighted by Crippen LogP contribution is 2.41. The van der Waals surface area contributed by atoms with Crippen LogP contribution in [0.2, 0.25) is 20.1 Å². The monoisotopic (exact) mass is 608 g/mol. The summed E-state index contributed by atoms with van der Waals surface area (Å²) in [5.74, 6) is -3.99. The SMILES string of the molecule is CCC(NC(=O)c1ccc(/C=C/C(c2cc(Cl)c(Cl)c(Cl)c2)C(F)(F)F)cc1Cl)C(=O)NCC(F)(F)F. The molecule has 37 heavy (non-hydrogen) atoms. The van der Waals surface area contributed by atoms with E-state index < -0.39 is 42.7 Å². The first-order valence-electron chi connectivity index (χ1n) is 10.4. The second-order valence-electron chi connectivity index (χ2n) is 7.68. The molecular weight excluding hydrogens is 592 g/mol. The van der Waals surface area contributed by atoms with E-state index in [9.17, 15) is 35.9 Å². The summed E-state index contributed by atoms with van der Waals surface area (Å²) in [6, 6.07) is 4.55. The van der Waals surface area contributed by atoms with E-state index in [0.717, 1.165) is 24.3 Å². The zero-order valence-corrected chi connectivity index (χ0v) is 21.7. The molecule has 0 heterocycles. The number of rotatable bonds is 8. The molecule has 2 aromatic rings. The Morgan fingerprint density at radius 2 is 1.54 bits per heavy atom. The van der Waals surface area contributed by atoms with Crippen molar-refractivity contribution in [1.82, 2.24) is 10.6 Å². The summed E-state index contributed by atoms with van der Waals surface area (Å²) in [4.78, 5) is 24.5. The van der Waals surface area contributed by atoms with Gasteiger partial charge in [-0.2, -0.15) is 26.3 Å². The lowest BCUT2D eigenvalue weighted by Crippen LogP contribution is -2.48. The number of benzene rings is 2. The molecular formula is C23H18Cl4F6N2O2. The molecule has 2 unspecified atom stereocenters. The van der Waals surface area contributed by atoms with Gasteiger partial charge in [-0.1, -0.05) is 71.5 Å². The minimum atomic E-state index is -4.71. The number of amides is 2. The van der Waals surface area contributed by atoms with Crippen molar-refractivity contribution >= 4 is 64.3 Å². The molecule has 0 aliphatic carbocycles. The Morgan fingerprint density at radius 1 is 0.946 bits per heavy atom. The third-order valence-electron chi connectivity index (χ3n) is 4.93. The van der Waals surface area contributed by atoms with E-state index in [-0.39, 0.29) is 43.2 Å². The lowest BCUT2D eigenvalue weighted by atomic mass is 9.97. The molecule has 4 nitrogen and oxygen atoms in total. The first-order chi connectivity index (χ1) is 17.0. The molecule has 0 aromatic heterocycles. The summed E-state index contributed by atoms with van der Waals surface area (Å²) < 4.78 is 78.1. The molecule has 0 saturated carbocycles.